The molecule has 1 saturated heterocycles. The Labute approximate surface area is 88.9 Å². The standard InChI is InChI=1S/C10H17N3O2/c1-6-5-7(6)10(14)13-4-2-3-8(13)9(11)12-15/h6-8,15H,2-5H2,1H3,(H2,11,12). The van der Waals surface area contributed by atoms with Crippen LogP contribution >= 0.6 is 0 Å². The second-order valence-electron chi connectivity index (χ2n) is 4.53. The van der Waals surface area contributed by atoms with Crippen molar-refractivity contribution in [2.24, 2.45) is 22.7 Å². The third-order valence-corrected chi connectivity index (χ3v) is 3.42. The second-order valence-corrected chi connectivity index (χ2v) is 4.53. The lowest BCUT2D eigenvalue weighted by Crippen LogP contribution is -2.44. The van der Waals surface area contributed by atoms with E-state index in [1.54, 1.807) is 4.90 Å². The topological polar surface area (TPSA) is 78.9 Å². The molecule has 0 aromatic heterocycles. The Morgan fingerprint density at radius 1 is 1.60 bits per heavy atom. The van der Waals surface area contributed by atoms with Gasteiger partial charge in [-0.05, 0) is 25.2 Å². The van der Waals surface area contributed by atoms with Crippen molar-refractivity contribution in [1.29, 1.82) is 0 Å². The second kappa shape index (κ2) is 3.72. The number of rotatable bonds is 2. The Kier molecular flexibility index (Phi) is 2.54. The van der Waals surface area contributed by atoms with Crippen molar-refractivity contribution in [2.45, 2.75) is 32.2 Å². The minimum atomic E-state index is -0.185. The molecular formula is C10H17N3O2. The first-order valence-corrected chi connectivity index (χ1v) is 5.43. The highest BCUT2D eigenvalue weighted by Gasteiger charge is 2.44. The number of oxime groups is 1. The maximum Gasteiger partial charge on any atom is 0.226 e. The van der Waals surface area contributed by atoms with E-state index in [0.717, 1.165) is 25.8 Å². The summed E-state index contributed by atoms with van der Waals surface area (Å²) in [4.78, 5) is 13.7. The number of nitrogens with zero attached hydrogens (tertiary/aromatic N) is 2. The molecule has 84 valence electrons. The zero-order valence-corrected chi connectivity index (χ0v) is 8.89. The molecule has 3 atom stereocenters. The van der Waals surface area contributed by atoms with Gasteiger partial charge >= 0.3 is 0 Å². The largest absolute Gasteiger partial charge is 0.409 e. The van der Waals surface area contributed by atoms with Crippen LogP contribution in [0.3, 0.4) is 0 Å². The van der Waals surface area contributed by atoms with Crippen LogP contribution < -0.4 is 5.73 Å². The van der Waals surface area contributed by atoms with Crippen molar-refractivity contribution < 1.29 is 10.0 Å². The molecule has 0 radical (unpaired) electrons. The maximum absolute atomic E-state index is 12.0. The molecule has 15 heavy (non-hydrogen) atoms. The summed E-state index contributed by atoms with van der Waals surface area (Å²) in [5, 5.41) is 11.6. The van der Waals surface area contributed by atoms with Gasteiger partial charge in [0.1, 0.15) is 0 Å². The Balaban J connectivity index is 2.04. The van der Waals surface area contributed by atoms with Crippen LogP contribution in [0.4, 0.5) is 0 Å². The van der Waals surface area contributed by atoms with E-state index < -0.39 is 0 Å². The van der Waals surface area contributed by atoms with Gasteiger partial charge in [-0.15, -0.1) is 0 Å². The molecule has 0 spiro atoms. The van der Waals surface area contributed by atoms with E-state index in [0.29, 0.717) is 5.92 Å². The SMILES string of the molecule is CC1CC1C(=O)N1CCCC1C(N)=NO. The van der Waals surface area contributed by atoms with Gasteiger partial charge in [0.05, 0.1) is 6.04 Å². The van der Waals surface area contributed by atoms with Crippen LogP contribution in [0.15, 0.2) is 5.16 Å². The van der Waals surface area contributed by atoms with Crippen LogP contribution in [0.2, 0.25) is 0 Å². The highest BCUT2D eigenvalue weighted by molar-refractivity contribution is 5.91. The first-order valence-electron chi connectivity index (χ1n) is 5.43. The summed E-state index contributed by atoms with van der Waals surface area (Å²) in [5.74, 6) is 1.02. The Morgan fingerprint density at radius 2 is 2.27 bits per heavy atom. The maximum atomic E-state index is 12.0. The minimum absolute atomic E-state index is 0.161. The molecule has 1 aliphatic heterocycles. The average Bonchev–Trinajstić information content (AvgIpc) is 2.79. The van der Waals surface area contributed by atoms with Gasteiger partial charge in [0.2, 0.25) is 5.91 Å². The van der Waals surface area contributed by atoms with Crippen LogP contribution in [0.5, 0.6) is 0 Å². The van der Waals surface area contributed by atoms with Gasteiger partial charge in [-0.25, -0.2) is 0 Å². The van der Waals surface area contributed by atoms with Gasteiger partial charge in [-0.2, -0.15) is 0 Å². The quantitative estimate of drug-likeness (QED) is 0.300. The molecule has 0 aromatic carbocycles. The lowest BCUT2D eigenvalue weighted by molar-refractivity contribution is -0.132. The molecular weight excluding hydrogens is 194 g/mol. The number of likely N-dealkylation sites (tertiary alicyclic amines) is 1. The molecule has 1 heterocycles. The Bertz CT molecular complexity index is 303. The zero-order chi connectivity index (χ0) is 11.0. The Hall–Kier alpha value is -1.26. The summed E-state index contributed by atoms with van der Waals surface area (Å²) in [5.41, 5.74) is 5.57. The van der Waals surface area contributed by atoms with Gasteiger partial charge in [0, 0.05) is 12.5 Å². The van der Waals surface area contributed by atoms with Gasteiger partial charge in [-0.3, -0.25) is 4.79 Å². The van der Waals surface area contributed by atoms with Gasteiger partial charge < -0.3 is 15.8 Å². The van der Waals surface area contributed by atoms with Crippen LogP contribution in [0.1, 0.15) is 26.2 Å². The fourth-order valence-electron chi connectivity index (χ4n) is 2.28. The number of nitrogens with two attached hydrogens (primary N) is 1. The number of hydrogen-bond donors (Lipinski definition) is 2. The summed E-state index contributed by atoms with van der Waals surface area (Å²) in [6, 6.07) is -0.185. The zero-order valence-electron chi connectivity index (χ0n) is 8.89. The van der Waals surface area contributed by atoms with Gasteiger partial charge in [0.25, 0.3) is 0 Å². The lowest BCUT2D eigenvalue weighted by atomic mass is 10.2. The number of carbonyl (C=O) groups is 1. The number of amides is 1. The summed E-state index contributed by atoms with van der Waals surface area (Å²) >= 11 is 0. The van der Waals surface area contributed by atoms with Crippen molar-refractivity contribution in [1.82, 2.24) is 4.90 Å². The van der Waals surface area contributed by atoms with Gasteiger partial charge in [0.15, 0.2) is 5.84 Å². The molecule has 2 aliphatic rings. The third kappa shape index (κ3) is 1.78. The van der Waals surface area contributed by atoms with Crippen molar-refractivity contribution in [3.8, 4) is 0 Å². The average molecular weight is 211 g/mol. The summed E-state index contributed by atoms with van der Waals surface area (Å²) in [7, 11) is 0. The van der Waals surface area contributed by atoms with Crippen molar-refractivity contribution in [3.63, 3.8) is 0 Å². The van der Waals surface area contributed by atoms with Crippen LogP contribution in [0.25, 0.3) is 0 Å². The third-order valence-electron chi connectivity index (χ3n) is 3.42. The molecule has 1 saturated carbocycles. The molecule has 2 rings (SSSR count). The number of hydrogen-bond acceptors (Lipinski definition) is 3. The highest BCUT2D eigenvalue weighted by atomic mass is 16.4. The smallest absolute Gasteiger partial charge is 0.226 e. The summed E-state index contributed by atoms with van der Waals surface area (Å²) < 4.78 is 0. The molecule has 1 amide bonds. The molecule has 1 aliphatic carbocycles. The molecule has 5 nitrogen and oxygen atoms in total. The highest BCUT2D eigenvalue weighted by Crippen LogP contribution is 2.40. The fraction of sp³-hybridized carbons (Fsp3) is 0.800. The number of carbonyl (C=O) groups excluding carboxylic acids is 1. The van der Waals surface area contributed by atoms with E-state index in [9.17, 15) is 4.79 Å². The number of amidine groups is 1. The minimum Gasteiger partial charge on any atom is -0.409 e. The first kappa shape index (κ1) is 10.3. The lowest BCUT2D eigenvalue weighted by Gasteiger charge is -2.23. The van der Waals surface area contributed by atoms with E-state index in [2.05, 4.69) is 12.1 Å². The van der Waals surface area contributed by atoms with Crippen molar-refractivity contribution >= 4 is 11.7 Å². The van der Waals surface area contributed by atoms with Crippen molar-refractivity contribution in [3.05, 3.63) is 0 Å². The van der Waals surface area contributed by atoms with Crippen LogP contribution in [-0.2, 0) is 4.79 Å². The molecule has 5 heteroatoms. The van der Waals surface area contributed by atoms with Gasteiger partial charge in [-0.1, -0.05) is 12.1 Å². The predicted molar refractivity (Wildman–Crippen MR) is 55.4 cm³/mol. The molecule has 3 unspecified atom stereocenters. The first-order chi connectivity index (χ1) is 7.15. The molecule has 3 N–H and O–H groups in total. The van der Waals surface area contributed by atoms with Crippen molar-refractivity contribution in [2.75, 3.05) is 6.54 Å². The molecule has 2 fully saturated rings. The van der Waals surface area contributed by atoms with Crippen LogP contribution in [-0.4, -0.2) is 34.4 Å². The summed E-state index contributed by atoms with van der Waals surface area (Å²) in [6.07, 6.45) is 2.73. The van der Waals surface area contributed by atoms with E-state index in [4.69, 9.17) is 10.9 Å². The van der Waals surface area contributed by atoms with Crippen LogP contribution in [0, 0.1) is 11.8 Å². The normalized spacial score (nSPS) is 35.7. The van der Waals surface area contributed by atoms with E-state index in [1.165, 1.54) is 0 Å². The van der Waals surface area contributed by atoms with E-state index in [-0.39, 0.29) is 23.7 Å². The summed E-state index contributed by atoms with van der Waals surface area (Å²) in [6.45, 7) is 2.82. The molecule has 0 aromatic rings. The van der Waals surface area contributed by atoms with E-state index >= 15 is 0 Å². The predicted octanol–water partition coefficient (Wildman–Crippen LogP) is 0.380. The molecule has 0 bridgehead atoms. The van der Waals surface area contributed by atoms with E-state index in [1.807, 2.05) is 0 Å². The monoisotopic (exact) mass is 211 g/mol. The Morgan fingerprint density at radius 3 is 2.80 bits per heavy atom. The fourth-order valence-corrected chi connectivity index (χ4v) is 2.28.